The molecule has 2 aromatic rings. The monoisotopic (exact) mass is 314 g/mol. The highest BCUT2D eigenvalue weighted by molar-refractivity contribution is 6.30. The second-order valence-electron chi connectivity index (χ2n) is 4.00. The van der Waals surface area contributed by atoms with Crippen LogP contribution < -0.4 is 10.5 Å². The summed E-state index contributed by atoms with van der Waals surface area (Å²) >= 11 is 5.61. The molecule has 0 saturated heterocycles. The van der Waals surface area contributed by atoms with Crippen molar-refractivity contribution < 1.29 is 23.4 Å². The van der Waals surface area contributed by atoms with Gasteiger partial charge in [0.05, 0.1) is 7.11 Å². The number of nitrogens with zero attached hydrogens (tertiary/aromatic N) is 1. The van der Waals surface area contributed by atoms with Crippen molar-refractivity contribution in [2.45, 2.75) is 0 Å². The number of hydrogen-bond donors (Lipinski definition) is 2. The molecule has 0 aliphatic carbocycles. The van der Waals surface area contributed by atoms with E-state index in [0.29, 0.717) is 0 Å². The summed E-state index contributed by atoms with van der Waals surface area (Å²) in [6.07, 6.45) is 0. The lowest BCUT2D eigenvalue weighted by atomic mass is 10.1. The van der Waals surface area contributed by atoms with Gasteiger partial charge in [-0.2, -0.15) is 0 Å². The van der Waals surface area contributed by atoms with Gasteiger partial charge in [0.1, 0.15) is 17.2 Å². The number of ether oxygens (including phenoxy) is 1. The second-order valence-corrected chi connectivity index (χ2v) is 4.44. The summed E-state index contributed by atoms with van der Waals surface area (Å²) in [6, 6.07) is 3.46. The molecule has 21 heavy (non-hydrogen) atoms. The first kappa shape index (κ1) is 15.0. The van der Waals surface area contributed by atoms with Crippen LogP contribution in [0.1, 0.15) is 10.5 Å². The van der Waals surface area contributed by atoms with Crippen LogP contribution in [0.4, 0.5) is 14.5 Å². The number of halogens is 3. The Hall–Kier alpha value is -2.41. The van der Waals surface area contributed by atoms with Crippen molar-refractivity contribution in [1.82, 2.24) is 4.98 Å². The van der Waals surface area contributed by atoms with Crippen LogP contribution in [-0.4, -0.2) is 23.2 Å². The molecule has 0 atom stereocenters. The molecule has 0 fully saturated rings. The lowest BCUT2D eigenvalue weighted by Crippen LogP contribution is -2.10. The summed E-state index contributed by atoms with van der Waals surface area (Å²) in [5, 5.41) is 9.17. The SMILES string of the molecule is COc1c(C(=O)O)nc(-c2ccc(Cl)cc2F)c(F)c1N. The zero-order chi connectivity index (χ0) is 15.7. The van der Waals surface area contributed by atoms with Gasteiger partial charge in [0.15, 0.2) is 17.3 Å². The summed E-state index contributed by atoms with van der Waals surface area (Å²) in [6.45, 7) is 0. The van der Waals surface area contributed by atoms with Crippen LogP contribution in [-0.2, 0) is 0 Å². The minimum absolute atomic E-state index is 0.108. The number of carboxylic acids is 1. The van der Waals surface area contributed by atoms with Gasteiger partial charge in [-0.25, -0.2) is 18.6 Å². The number of nitrogens with two attached hydrogens (primary N) is 1. The predicted octanol–water partition coefficient (Wildman–Crippen LogP) is 2.97. The van der Waals surface area contributed by atoms with Gasteiger partial charge in [0.2, 0.25) is 0 Å². The first-order chi connectivity index (χ1) is 9.86. The van der Waals surface area contributed by atoms with Crippen LogP contribution in [0.3, 0.4) is 0 Å². The summed E-state index contributed by atoms with van der Waals surface area (Å²) in [5.74, 6) is -3.82. The summed E-state index contributed by atoms with van der Waals surface area (Å²) < 4.78 is 32.8. The van der Waals surface area contributed by atoms with Crippen molar-refractivity contribution in [3.63, 3.8) is 0 Å². The van der Waals surface area contributed by atoms with E-state index in [-0.39, 0.29) is 10.6 Å². The minimum Gasteiger partial charge on any atom is -0.492 e. The molecule has 8 heteroatoms. The highest BCUT2D eigenvalue weighted by Gasteiger charge is 2.25. The second kappa shape index (κ2) is 5.53. The van der Waals surface area contributed by atoms with Gasteiger partial charge in [0, 0.05) is 10.6 Å². The Bertz CT molecular complexity index is 738. The molecular weight excluding hydrogens is 306 g/mol. The number of nitrogen functional groups attached to an aromatic ring is 1. The molecule has 1 aromatic heterocycles. The number of rotatable bonds is 3. The number of carbonyl (C=O) groups is 1. The van der Waals surface area contributed by atoms with E-state index in [9.17, 15) is 13.6 Å². The molecule has 0 unspecified atom stereocenters. The van der Waals surface area contributed by atoms with Crippen LogP contribution in [0.2, 0.25) is 5.02 Å². The first-order valence-corrected chi connectivity index (χ1v) is 5.96. The van der Waals surface area contributed by atoms with E-state index >= 15 is 0 Å². The standard InChI is InChI=1S/C13H9ClF2N2O3/c1-21-12-9(17)8(16)10(18-11(12)13(19)20)6-3-2-5(14)4-7(6)15/h2-4H,1H3,(H2,17,18)(H,19,20). The Morgan fingerprint density at radius 1 is 1.43 bits per heavy atom. The average Bonchev–Trinajstić information content (AvgIpc) is 2.42. The van der Waals surface area contributed by atoms with E-state index in [1.165, 1.54) is 12.1 Å². The third kappa shape index (κ3) is 2.59. The van der Waals surface area contributed by atoms with Crippen molar-refractivity contribution >= 4 is 23.3 Å². The van der Waals surface area contributed by atoms with Crippen LogP contribution in [0.25, 0.3) is 11.3 Å². The summed E-state index contributed by atoms with van der Waals surface area (Å²) in [5.41, 5.74) is 3.54. The number of benzene rings is 1. The normalized spacial score (nSPS) is 10.5. The zero-order valence-corrected chi connectivity index (χ0v) is 11.4. The van der Waals surface area contributed by atoms with Crippen LogP contribution in [0.5, 0.6) is 5.75 Å². The fraction of sp³-hybridized carbons (Fsp3) is 0.0769. The lowest BCUT2D eigenvalue weighted by Gasteiger charge is -2.12. The Morgan fingerprint density at radius 2 is 2.10 bits per heavy atom. The Kier molecular flexibility index (Phi) is 3.95. The van der Waals surface area contributed by atoms with Crippen LogP contribution in [0, 0.1) is 11.6 Å². The number of pyridine rings is 1. The molecule has 0 radical (unpaired) electrons. The molecule has 110 valence electrons. The van der Waals surface area contributed by atoms with E-state index in [1.807, 2.05) is 0 Å². The van der Waals surface area contributed by atoms with E-state index in [0.717, 1.165) is 13.2 Å². The van der Waals surface area contributed by atoms with Crippen molar-refractivity contribution in [3.05, 3.63) is 40.6 Å². The highest BCUT2D eigenvalue weighted by atomic mass is 35.5. The molecule has 0 aliphatic heterocycles. The molecule has 0 bridgehead atoms. The zero-order valence-electron chi connectivity index (χ0n) is 10.7. The number of hydrogen-bond acceptors (Lipinski definition) is 4. The summed E-state index contributed by atoms with van der Waals surface area (Å²) in [7, 11) is 1.13. The maximum Gasteiger partial charge on any atom is 0.358 e. The maximum atomic E-state index is 14.2. The molecule has 3 N–H and O–H groups in total. The Morgan fingerprint density at radius 3 is 2.62 bits per heavy atom. The molecule has 2 rings (SSSR count). The number of anilines is 1. The topological polar surface area (TPSA) is 85.4 Å². The van der Waals surface area contributed by atoms with Crippen molar-refractivity contribution in [1.29, 1.82) is 0 Å². The predicted molar refractivity (Wildman–Crippen MR) is 72.5 cm³/mol. The van der Waals surface area contributed by atoms with E-state index in [2.05, 4.69) is 4.98 Å². The molecule has 0 saturated carbocycles. The van der Waals surface area contributed by atoms with Crippen molar-refractivity contribution in [3.8, 4) is 17.0 Å². The molecular formula is C13H9ClF2N2O3. The van der Waals surface area contributed by atoms with E-state index in [1.54, 1.807) is 0 Å². The number of aromatic nitrogens is 1. The number of methoxy groups -OCH3 is 1. The average molecular weight is 315 g/mol. The van der Waals surface area contributed by atoms with E-state index in [4.69, 9.17) is 27.2 Å². The molecule has 1 heterocycles. The molecule has 1 aromatic carbocycles. The fourth-order valence-corrected chi connectivity index (χ4v) is 1.94. The molecule has 5 nitrogen and oxygen atoms in total. The van der Waals surface area contributed by atoms with Gasteiger partial charge in [0.25, 0.3) is 0 Å². The first-order valence-electron chi connectivity index (χ1n) is 5.58. The smallest absolute Gasteiger partial charge is 0.358 e. The largest absolute Gasteiger partial charge is 0.492 e. The molecule has 0 aliphatic rings. The Balaban J connectivity index is 2.78. The highest BCUT2D eigenvalue weighted by Crippen LogP contribution is 2.35. The lowest BCUT2D eigenvalue weighted by molar-refractivity contribution is 0.0686. The van der Waals surface area contributed by atoms with E-state index < -0.39 is 40.4 Å². The summed E-state index contributed by atoms with van der Waals surface area (Å²) in [4.78, 5) is 14.7. The van der Waals surface area contributed by atoms with Crippen molar-refractivity contribution in [2.75, 3.05) is 12.8 Å². The third-order valence-electron chi connectivity index (χ3n) is 2.72. The van der Waals surface area contributed by atoms with Crippen LogP contribution >= 0.6 is 11.6 Å². The minimum atomic E-state index is -1.48. The van der Waals surface area contributed by atoms with Crippen molar-refractivity contribution in [2.24, 2.45) is 0 Å². The van der Waals surface area contributed by atoms with Gasteiger partial charge in [-0.15, -0.1) is 0 Å². The third-order valence-corrected chi connectivity index (χ3v) is 2.96. The Labute approximate surface area is 122 Å². The quantitative estimate of drug-likeness (QED) is 0.909. The number of aromatic carboxylic acids is 1. The van der Waals surface area contributed by atoms with Gasteiger partial charge < -0.3 is 15.6 Å². The van der Waals surface area contributed by atoms with Gasteiger partial charge in [-0.05, 0) is 18.2 Å². The maximum absolute atomic E-state index is 14.2. The molecule has 0 amide bonds. The molecule has 0 spiro atoms. The van der Waals surface area contributed by atoms with Gasteiger partial charge in [-0.1, -0.05) is 11.6 Å². The van der Waals surface area contributed by atoms with Gasteiger partial charge in [-0.3, -0.25) is 0 Å². The van der Waals surface area contributed by atoms with Gasteiger partial charge >= 0.3 is 5.97 Å². The fourth-order valence-electron chi connectivity index (χ4n) is 1.78. The van der Waals surface area contributed by atoms with Crippen LogP contribution in [0.15, 0.2) is 18.2 Å². The number of carboxylic acid groups (broad SMARTS) is 1.